The van der Waals surface area contributed by atoms with E-state index in [2.05, 4.69) is 0 Å². The lowest BCUT2D eigenvalue weighted by molar-refractivity contribution is -0.696. The van der Waals surface area contributed by atoms with E-state index in [1.54, 1.807) is 28.8 Å². The van der Waals surface area contributed by atoms with E-state index in [1.165, 1.54) is 6.07 Å². The number of halogens is 1. The first-order valence-corrected chi connectivity index (χ1v) is 6.28. The third kappa shape index (κ3) is 4.02. The summed E-state index contributed by atoms with van der Waals surface area (Å²) in [6.45, 7) is 0.437. The minimum Gasteiger partial charge on any atom is -0.481 e. The van der Waals surface area contributed by atoms with Gasteiger partial charge >= 0.3 is 5.97 Å². The molecule has 1 heterocycles. The lowest BCUT2D eigenvalue weighted by Gasteiger charge is -1.97. The summed E-state index contributed by atoms with van der Waals surface area (Å²) in [5, 5.41) is 8.61. The van der Waals surface area contributed by atoms with E-state index >= 15 is 0 Å². The molecule has 4 heteroatoms. The zero-order valence-electron chi connectivity index (χ0n) is 10.9. The number of rotatable bonds is 5. The van der Waals surface area contributed by atoms with Crippen LogP contribution in [0, 0.1) is 5.82 Å². The van der Waals surface area contributed by atoms with Gasteiger partial charge in [-0.05, 0) is 11.6 Å². The third-order valence-electron chi connectivity index (χ3n) is 2.86. The maximum Gasteiger partial charge on any atom is 0.309 e. The monoisotopic (exact) mass is 272 g/mol. The van der Waals surface area contributed by atoms with Crippen molar-refractivity contribution in [1.82, 2.24) is 0 Å². The van der Waals surface area contributed by atoms with E-state index in [9.17, 15) is 9.18 Å². The Bertz CT molecular complexity index is 621. The van der Waals surface area contributed by atoms with Crippen molar-refractivity contribution in [3.63, 3.8) is 0 Å². The Hall–Kier alpha value is -2.49. The van der Waals surface area contributed by atoms with E-state index in [0.717, 1.165) is 5.56 Å². The first-order valence-electron chi connectivity index (χ1n) is 6.28. The molecule has 0 amide bonds. The maximum atomic E-state index is 13.4. The molecule has 2 aromatic rings. The van der Waals surface area contributed by atoms with Gasteiger partial charge in [0.2, 0.25) is 0 Å². The molecule has 0 saturated carbocycles. The van der Waals surface area contributed by atoms with E-state index in [4.69, 9.17) is 5.11 Å². The fourth-order valence-electron chi connectivity index (χ4n) is 1.75. The molecule has 102 valence electrons. The largest absolute Gasteiger partial charge is 0.481 e. The minimum atomic E-state index is -0.818. The van der Waals surface area contributed by atoms with Crippen LogP contribution in [-0.4, -0.2) is 11.1 Å². The van der Waals surface area contributed by atoms with Gasteiger partial charge in [0.1, 0.15) is 12.2 Å². The van der Waals surface area contributed by atoms with Gasteiger partial charge in [-0.3, -0.25) is 4.79 Å². The zero-order valence-corrected chi connectivity index (χ0v) is 10.9. The number of pyridine rings is 1. The van der Waals surface area contributed by atoms with Crippen molar-refractivity contribution in [2.75, 3.05) is 0 Å². The fraction of sp³-hybridized carbons (Fsp3) is 0.125. The Morgan fingerprint density at radius 1 is 1.15 bits per heavy atom. The number of carboxylic acids is 1. The van der Waals surface area contributed by atoms with Gasteiger partial charge in [-0.15, -0.1) is 0 Å². The molecule has 0 aliphatic heterocycles. The van der Waals surface area contributed by atoms with E-state index in [-0.39, 0.29) is 12.2 Å². The molecule has 1 aromatic heterocycles. The van der Waals surface area contributed by atoms with Gasteiger partial charge in [-0.25, -0.2) is 8.96 Å². The Morgan fingerprint density at radius 3 is 2.50 bits per heavy atom. The zero-order chi connectivity index (χ0) is 14.4. The number of aryl methyl sites for hydroxylation is 1. The molecule has 20 heavy (non-hydrogen) atoms. The van der Waals surface area contributed by atoms with Gasteiger partial charge in [-0.1, -0.05) is 30.4 Å². The fourth-order valence-corrected chi connectivity index (χ4v) is 1.75. The van der Waals surface area contributed by atoms with Crippen LogP contribution in [0.25, 0.3) is 12.2 Å². The molecule has 0 saturated heterocycles. The average Bonchev–Trinajstić information content (AvgIpc) is 2.45. The highest BCUT2D eigenvalue weighted by atomic mass is 19.1. The standard InChI is InChI=1S/C16H14FNO2/c17-15-4-2-1-3-14(15)6-5-13-7-10-18(11-8-13)12-9-16(19)20/h1-8,10-11H,9,12H2/p+1/b6-5-. The summed E-state index contributed by atoms with van der Waals surface area (Å²) in [7, 11) is 0. The van der Waals surface area contributed by atoms with Crippen LogP contribution >= 0.6 is 0 Å². The summed E-state index contributed by atoms with van der Waals surface area (Å²) < 4.78 is 15.2. The van der Waals surface area contributed by atoms with Gasteiger partial charge in [0, 0.05) is 17.7 Å². The quantitative estimate of drug-likeness (QED) is 0.850. The second-order valence-corrected chi connectivity index (χ2v) is 4.37. The van der Waals surface area contributed by atoms with Gasteiger partial charge in [0.15, 0.2) is 18.9 Å². The van der Waals surface area contributed by atoms with Crippen LogP contribution in [0.3, 0.4) is 0 Å². The van der Waals surface area contributed by atoms with E-state index < -0.39 is 5.97 Å². The van der Waals surface area contributed by atoms with Gasteiger partial charge in [0.25, 0.3) is 0 Å². The van der Waals surface area contributed by atoms with Gasteiger partial charge in [0.05, 0.1) is 0 Å². The summed E-state index contributed by atoms with van der Waals surface area (Å²) in [6.07, 6.45) is 7.25. The third-order valence-corrected chi connectivity index (χ3v) is 2.86. The lowest BCUT2D eigenvalue weighted by atomic mass is 10.1. The topological polar surface area (TPSA) is 41.2 Å². The SMILES string of the molecule is O=C(O)CC[n+]1ccc(/C=C\c2ccccc2F)cc1. The summed E-state index contributed by atoms with van der Waals surface area (Å²) in [5.74, 6) is -1.07. The highest BCUT2D eigenvalue weighted by Crippen LogP contribution is 2.10. The van der Waals surface area contributed by atoms with Crippen LogP contribution in [0.15, 0.2) is 48.8 Å². The van der Waals surface area contributed by atoms with Crippen LogP contribution in [0.2, 0.25) is 0 Å². The molecule has 0 radical (unpaired) electrons. The number of hydrogen-bond acceptors (Lipinski definition) is 1. The summed E-state index contributed by atoms with van der Waals surface area (Å²) >= 11 is 0. The van der Waals surface area contributed by atoms with Crippen molar-refractivity contribution in [1.29, 1.82) is 0 Å². The van der Waals surface area contributed by atoms with Crippen LogP contribution < -0.4 is 4.57 Å². The second-order valence-electron chi connectivity index (χ2n) is 4.37. The van der Waals surface area contributed by atoms with Gasteiger partial charge < -0.3 is 5.11 Å². The summed E-state index contributed by atoms with van der Waals surface area (Å²) in [4.78, 5) is 10.5. The molecule has 0 aliphatic rings. The molecule has 1 N–H and O–H groups in total. The van der Waals surface area contributed by atoms with Crippen molar-refractivity contribution in [3.05, 3.63) is 65.7 Å². The Labute approximate surface area is 116 Å². The molecule has 2 rings (SSSR count). The number of aliphatic carboxylic acids is 1. The van der Waals surface area contributed by atoms with Crippen molar-refractivity contribution >= 4 is 18.1 Å². The highest BCUT2D eigenvalue weighted by molar-refractivity contribution is 5.69. The van der Waals surface area contributed by atoms with Crippen LogP contribution in [-0.2, 0) is 11.3 Å². The molecule has 0 unspecified atom stereocenters. The highest BCUT2D eigenvalue weighted by Gasteiger charge is 2.04. The number of hydrogen-bond donors (Lipinski definition) is 1. The van der Waals surface area contributed by atoms with Crippen molar-refractivity contribution in [3.8, 4) is 0 Å². The molecule has 0 atom stereocenters. The predicted molar refractivity (Wildman–Crippen MR) is 74.2 cm³/mol. The normalized spacial score (nSPS) is 10.8. The lowest BCUT2D eigenvalue weighted by Crippen LogP contribution is -2.33. The molecule has 0 fully saturated rings. The summed E-state index contributed by atoms with van der Waals surface area (Å²) in [5.41, 5.74) is 1.47. The van der Waals surface area contributed by atoms with Crippen molar-refractivity contribution < 1.29 is 18.9 Å². The van der Waals surface area contributed by atoms with Crippen LogP contribution in [0.1, 0.15) is 17.5 Å². The second kappa shape index (κ2) is 6.61. The van der Waals surface area contributed by atoms with Crippen LogP contribution in [0.5, 0.6) is 0 Å². The molecule has 0 spiro atoms. The first-order chi connectivity index (χ1) is 9.65. The molecule has 0 aliphatic carbocycles. The smallest absolute Gasteiger partial charge is 0.309 e. The Morgan fingerprint density at radius 2 is 1.85 bits per heavy atom. The number of benzene rings is 1. The van der Waals surface area contributed by atoms with Gasteiger partial charge in [-0.2, -0.15) is 0 Å². The molecule has 1 aromatic carbocycles. The first kappa shape index (κ1) is 13.9. The molecular formula is C16H15FNO2+. The Balaban J connectivity index is 2.04. The maximum absolute atomic E-state index is 13.4. The number of aromatic nitrogens is 1. The van der Waals surface area contributed by atoms with E-state index in [1.807, 2.05) is 30.6 Å². The number of carboxylic acid groups (broad SMARTS) is 1. The molecular weight excluding hydrogens is 257 g/mol. The average molecular weight is 272 g/mol. The van der Waals surface area contributed by atoms with Crippen molar-refractivity contribution in [2.24, 2.45) is 0 Å². The van der Waals surface area contributed by atoms with Crippen molar-refractivity contribution in [2.45, 2.75) is 13.0 Å². The minimum absolute atomic E-state index is 0.0923. The summed E-state index contributed by atoms with van der Waals surface area (Å²) in [6, 6.07) is 10.3. The number of nitrogens with zero attached hydrogens (tertiary/aromatic N) is 1. The molecule has 0 bridgehead atoms. The van der Waals surface area contributed by atoms with Crippen LogP contribution in [0.4, 0.5) is 4.39 Å². The Kier molecular flexibility index (Phi) is 4.60. The van der Waals surface area contributed by atoms with E-state index in [0.29, 0.717) is 12.1 Å². The number of carbonyl (C=O) groups is 1. The predicted octanol–water partition coefficient (Wildman–Crippen LogP) is 2.76. The molecule has 3 nitrogen and oxygen atoms in total.